The van der Waals surface area contributed by atoms with Crippen LogP contribution in [0.5, 0.6) is 5.75 Å². The van der Waals surface area contributed by atoms with Gasteiger partial charge >= 0.3 is 0 Å². The SMILES string of the molecule is Cc1cc(OCCCF)c(C(C)C)cc1N. The molecule has 0 saturated heterocycles. The fourth-order valence-corrected chi connectivity index (χ4v) is 1.53. The zero-order chi connectivity index (χ0) is 12.1. The van der Waals surface area contributed by atoms with E-state index in [-0.39, 0.29) is 6.67 Å². The van der Waals surface area contributed by atoms with Gasteiger partial charge in [-0.05, 0) is 36.1 Å². The molecule has 0 amide bonds. The number of benzene rings is 1. The molecule has 0 heterocycles. The second kappa shape index (κ2) is 5.73. The molecule has 1 aromatic rings. The van der Waals surface area contributed by atoms with E-state index in [2.05, 4.69) is 13.8 Å². The number of aryl methyl sites for hydroxylation is 1. The first-order valence-corrected chi connectivity index (χ1v) is 5.65. The minimum absolute atomic E-state index is 0.342. The molecule has 1 aromatic carbocycles. The molecule has 90 valence electrons. The topological polar surface area (TPSA) is 35.2 Å². The van der Waals surface area contributed by atoms with Crippen LogP contribution in [-0.2, 0) is 0 Å². The summed E-state index contributed by atoms with van der Waals surface area (Å²) < 4.78 is 17.6. The number of alkyl halides is 1. The lowest BCUT2D eigenvalue weighted by Gasteiger charge is -2.16. The van der Waals surface area contributed by atoms with Crippen LogP contribution in [0.15, 0.2) is 12.1 Å². The molecule has 0 saturated carbocycles. The number of rotatable bonds is 5. The van der Waals surface area contributed by atoms with E-state index in [0.29, 0.717) is 18.9 Å². The van der Waals surface area contributed by atoms with Crippen molar-refractivity contribution in [1.82, 2.24) is 0 Å². The van der Waals surface area contributed by atoms with Gasteiger partial charge in [0.05, 0.1) is 13.3 Å². The smallest absolute Gasteiger partial charge is 0.123 e. The minimum atomic E-state index is -0.342. The summed E-state index contributed by atoms with van der Waals surface area (Å²) in [7, 11) is 0. The average molecular weight is 225 g/mol. The predicted molar refractivity (Wildman–Crippen MR) is 65.8 cm³/mol. The Morgan fingerprint density at radius 3 is 2.62 bits per heavy atom. The number of nitrogen functional groups attached to an aromatic ring is 1. The molecule has 0 aliphatic carbocycles. The van der Waals surface area contributed by atoms with Gasteiger partial charge in [-0.3, -0.25) is 4.39 Å². The van der Waals surface area contributed by atoms with Crippen molar-refractivity contribution in [3.05, 3.63) is 23.3 Å². The molecule has 0 aliphatic heterocycles. The lowest BCUT2D eigenvalue weighted by Crippen LogP contribution is -2.04. The number of ether oxygens (including phenoxy) is 1. The molecule has 0 radical (unpaired) electrons. The summed E-state index contributed by atoms with van der Waals surface area (Å²) in [5.41, 5.74) is 8.73. The van der Waals surface area contributed by atoms with Crippen molar-refractivity contribution in [1.29, 1.82) is 0 Å². The van der Waals surface area contributed by atoms with E-state index in [9.17, 15) is 4.39 Å². The van der Waals surface area contributed by atoms with Crippen LogP contribution in [0.25, 0.3) is 0 Å². The van der Waals surface area contributed by atoms with E-state index in [1.807, 2.05) is 19.1 Å². The summed E-state index contributed by atoms with van der Waals surface area (Å²) in [6, 6.07) is 3.88. The Balaban J connectivity index is 2.91. The minimum Gasteiger partial charge on any atom is -0.493 e. The highest BCUT2D eigenvalue weighted by Crippen LogP contribution is 2.30. The van der Waals surface area contributed by atoms with Crippen molar-refractivity contribution in [2.24, 2.45) is 0 Å². The zero-order valence-corrected chi connectivity index (χ0v) is 10.2. The molecule has 2 N–H and O–H groups in total. The monoisotopic (exact) mass is 225 g/mol. The third-order valence-electron chi connectivity index (χ3n) is 2.56. The van der Waals surface area contributed by atoms with E-state index in [1.54, 1.807) is 0 Å². The van der Waals surface area contributed by atoms with E-state index < -0.39 is 0 Å². The summed E-state index contributed by atoms with van der Waals surface area (Å²) in [6.07, 6.45) is 0.432. The van der Waals surface area contributed by atoms with E-state index in [1.165, 1.54) is 0 Å². The third-order valence-corrected chi connectivity index (χ3v) is 2.56. The Hall–Kier alpha value is -1.25. The van der Waals surface area contributed by atoms with Gasteiger partial charge in [0.15, 0.2) is 0 Å². The van der Waals surface area contributed by atoms with Crippen molar-refractivity contribution >= 4 is 5.69 Å². The normalized spacial score (nSPS) is 10.8. The van der Waals surface area contributed by atoms with Crippen molar-refractivity contribution in [3.8, 4) is 5.75 Å². The first-order chi connectivity index (χ1) is 7.56. The molecule has 0 aromatic heterocycles. The maximum Gasteiger partial charge on any atom is 0.123 e. The first-order valence-electron chi connectivity index (χ1n) is 5.65. The van der Waals surface area contributed by atoms with Crippen molar-refractivity contribution < 1.29 is 9.13 Å². The summed E-state index contributed by atoms with van der Waals surface area (Å²) in [5.74, 6) is 1.18. The van der Waals surface area contributed by atoms with Gasteiger partial charge in [0, 0.05) is 12.1 Å². The van der Waals surface area contributed by atoms with Crippen LogP contribution in [0, 0.1) is 6.92 Å². The largest absolute Gasteiger partial charge is 0.493 e. The van der Waals surface area contributed by atoms with Crippen molar-refractivity contribution in [3.63, 3.8) is 0 Å². The number of halogens is 1. The quantitative estimate of drug-likeness (QED) is 0.615. The summed E-state index contributed by atoms with van der Waals surface area (Å²) in [4.78, 5) is 0. The summed E-state index contributed by atoms with van der Waals surface area (Å²) in [5, 5.41) is 0. The van der Waals surface area contributed by atoms with Crippen LogP contribution in [0.1, 0.15) is 37.3 Å². The number of nitrogens with two attached hydrogens (primary N) is 1. The molecular weight excluding hydrogens is 205 g/mol. The van der Waals surface area contributed by atoms with E-state index in [4.69, 9.17) is 10.5 Å². The molecule has 0 fully saturated rings. The molecule has 0 atom stereocenters. The number of anilines is 1. The fourth-order valence-electron chi connectivity index (χ4n) is 1.53. The van der Waals surface area contributed by atoms with Crippen LogP contribution in [0.4, 0.5) is 10.1 Å². The highest BCUT2D eigenvalue weighted by atomic mass is 19.1. The summed E-state index contributed by atoms with van der Waals surface area (Å²) >= 11 is 0. The lowest BCUT2D eigenvalue weighted by atomic mass is 9.99. The molecule has 16 heavy (non-hydrogen) atoms. The van der Waals surface area contributed by atoms with Gasteiger partial charge in [-0.15, -0.1) is 0 Å². The van der Waals surface area contributed by atoms with Gasteiger partial charge < -0.3 is 10.5 Å². The van der Waals surface area contributed by atoms with Crippen LogP contribution >= 0.6 is 0 Å². The first kappa shape index (κ1) is 12.8. The van der Waals surface area contributed by atoms with E-state index in [0.717, 1.165) is 22.6 Å². The standard InChI is InChI=1S/C13H20FNO/c1-9(2)11-8-12(15)10(3)7-13(11)16-6-4-5-14/h7-9H,4-6,15H2,1-3H3. The Bertz CT molecular complexity index is 350. The number of hydrogen-bond donors (Lipinski definition) is 1. The van der Waals surface area contributed by atoms with Crippen LogP contribution in [0.2, 0.25) is 0 Å². The van der Waals surface area contributed by atoms with Gasteiger partial charge in [0.25, 0.3) is 0 Å². The van der Waals surface area contributed by atoms with Gasteiger partial charge in [-0.1, -0.05) is 13.8 Å². The maximum atomic E-state index is 12.0. The molecule has 0 bridgehead atoms. The van der Waals surface area contributed by atoms with Gasteiger partial charge in [-0.2, -0.15) is 0 Å². The van der Waals surface area contributed by atoms with Crippen molar-refractivity contribution in [2.75, 3.05) is 19.0 Å². The van der Waals surface area contributed by atoms with Crippen LogP contribution in [-0.4, -0.2) is 13.3 Å². The highest BCUT2D eigenvalue weighted by Gasteiger charge is 2.10. The van der Waals surface area contributed by atoms with Crippen LogP contribution in [0.3, 0.4) is 0 Å². The Morgan fingerprint density at radius 2 is 2.06 bits per heavy atom. The Kier molecular flexibility index (Phi) is 4.59. The Labute approximate surface area is 96.6 Å². The number of hydrogen-bond acceptors (Lipinski definition) is 2. The molecule has 1 rings (SSSR count). The fraction of sp³-hybridized carbons (Fsp3) is 0.538. The molecule has 0 unspecified atom stereocenters. The zero-order valence-electron chi connectivity index (χ0n) is 10.2. The second-order valence-electron chi connectivity index (χ2n) is 4.29. The molecule has 0 spiro atoms. The molecular formula is C13H20FNO. The van der Waals surface area contributed by atoms with Gasteiger partial charge in [0.2, 0.25) is 0 Å². The highest BCUT2D eigenvalue weighted by molar-refractivity contribution is 5.55. The summed E-state index contributed by atoms with van der Waals surface area (Å²) in [6.45, 7) is 6.20. The van der Waals surface area contributed by atoms with Crippen LogP contribution < -0.4 is 10.5 Å². The lowest BCUT2D eigenvalue weighted by molar-refractivity contribution is 0.286. The van der Waals surface area contributed by atoms with Gasteiger partial charge in [0.1, 0.15) is 5.75 Å². The van der Waals surface area contributed by atoms with Gasteiger partial charge in [-0.25, -0.2) is 0 Å². The maximum absolute atomic E-state index is 12.0. The Morgan fingerprint density at radius 1 is 1.38 bits per heavy atom. The van der Waals surface area contributed by atoms with Crippen molar-refractivity contribution in [2.45, 2.75) is 33.1 Å². The second-order valence-corrected chi connectivity index (χ2v) is 4.29. The van der Waals surface area contributed by atoms with E-state index >= 15 is 0 Å². The average Bonchev–Trinajstić information content (AvgIpc) is 2.23. The molecule has 3 heteroatoms. The third kappa shape index (κ3) is 3.12. The molecule has 2 nitrogen and oxygen atoms in total. The predicted octanol–water partition coefficient (Wildman–Crippen LogP) is 3.44. The molecule has 0 aliphatic rings.